The summed E-state index contributed by atoms with van der Waals surface area (Å²) >= 11 is 0. The largest absolute Gasteiger partial charge is 1.00 e. The summed E-state index contributed by atoms with van der Waals surface area (Å²) < 4.78 is 51.6. The summed E-state index contributed by atoms with van der Waals surface area (Å²) in [5.74, 6) is 0. The van der Waals surface area contributed by atoms with Gasteiger partial charge in [0, 0.05) is 41.6 Å². The van der Waals surface area contributed by atoms with Crippen LogP contribution < -0.4 is 9.60 Å². The molecule has 0 N–H and O–H groups in total. The average molecular weight is 603 g/mol. The summed E-state index contributed by atoms with van der Waals surface area (Å²) in [6, 6.07) is 26.5. The number of anilines is 1. The quantitative estimate of drug-likeness (QED) is 0.129. The van der Waals surface area contributed by atoms with E-state index in [2.05, 4.69) is 142 Å². The minimum atomic E-state index is -8.55. The zero-order valence-corrected chi connectivity index (χ0v) is 25.2. The zero-order valence-electron chi connectivity index (χ0n) is 24.3. The Labute approximate surface area is 242 Å². The second kappa shape index (κ2) is 10.3. The van der Waals surface area contributed by atoms with Crippen molar-refractivity contribution >= 4 is 46.8 Å². The fourth-order valence-electron chi connectivity index (χ4n) is 6.62. The molecule has 2 heterocycles. The van der Waals surface area contributed by atoms with Gasteiger partial charge in [0.15, 0.2) is 5.71 Å². The molecular weight excluding hydrogens is 569 g/mol. The van der Waals surface area contributed by atoms with E-state index in [9.17, 15) is 21.0 Å². The van der Waals surface area contributed by atoms with E-state index in [-0.39, 0.29) is 15.5 Å². The fraction of sp³-hybridized carbons (Fsp3) is 0.242. The van der Waals surface area contributed by atoms with Crippen LogP contribution >= 0.6 is 8.16 Å². The Morgan fingerprint density at radius 2 is 1.21 bits per heavy atom. The Morgan fingerprint density at radius 3 is 1.79 bits per heavy atom. The summed E-state index contributed by atoms with van der Waals surface area (Å²) in [5, 5.41) is 5.31. The first-order valence-electron chi connectivity index (χ1n) is 13.4. The third-order valence-electron chi connectivity index (χ3n) is 8.30. The molecular formula is C33H33F6N2P. The minimum absolute atomic E-state index is 0. The Morgan fingerprint density at radius 1 is 0.714 bits per heavy atom. The number of allylic oxidation sites excluding steroid dienone is 4. The molecule has 0 spiro atoms. The first-order chi connectivity index (χ1) is 19.0. The third kappa shape index (κ3) is 5.57. The molecule has 0 atom stereocenters. The van der Waals surface area contributed by atoms with Gasteiger partial charge in [-0.1, -0.05) is 74.5 Å². The van der Waals surface area contributed by atoms with Crippen LogP contribution in [0.5, 0.6) is 0 Å². The van der Waals surface area contributed by atoms with Gasteiger partial charge in [0.1, 0.15) is 7.05 Å². The number of halogens is 6. The van der Waals surface area contributed by atoms with Gasteiger partial charge in [0.25, 0.3) is 0 Å². The van der Waals surface area contributed by atoms with Crippen LogP contribution in [0.4, 0.5) is 32.4 Å². The van der Waals surface area contributed by atoms with E-state index >= 15 is 0 Å². The fourth-order valence-corrected chi connectivity index (χ4v) is 6.62. The number of hydrogen-bond acceptors (Lipinski definition) is 1. The molecule has 0 radical (unpaired) electrons. The van der Waals surface area contributed by atoms with Gasteiger partial charge in [-0.15, -0.1) is 0 Å². The summed E-state index contributed by atoms with van der Waals surface area (Å²) in [7, 11) is -4.16. The first-order valence-corrected chi connectivity index (χ1v) is 15.0. The average Bonchev–Trinajstić information content (AvgIpc) is 3.21. The molecule has 0 bridgehead atoms. The second-order valence-corrected chi connectivity index (χ2v) is 12.9. The van der Waals surface area contributed by atoms with Crippen molar-refractivity contribution < 1.29 is 30.3 Å². The predicted molar refractivity (Wildman–Crippen MR) is 163 cm³/mol. The maximum absolute atomic E-state index is 9.84. The maximum atomic E-state index is 9.84. The van der Waals surface area contributed by atoms with Crippen molar-refractivity contribution in [3.05, 3.63) is 108 Å². The van der Waals surface area contributed by atoms with Gasteiger partial charge in [0.2, 0.25) is 5.69 Å². The van der Waals surface area contributed by atoms with E-state index in [0.717, 1.165) is 0 Å². The monoisotopic (exact) mass is 602 g/mol. The number of fused-ring (bicyclic) bond motifs is 6. The molecule has 0 fully saturated rings. The van der Waals surface area contributed by atoms with Gasteiger partial charge in [-0.2, -0.15) is 4.58 Å². The standard InChI is InChI=1S/C33H33N2.F5P.FH/c1-32(2)28(34(5)26-20-18-22-12-7-9-14-24(22)30(26)32)16-11-17-29-33(3,4)31-25-15-10-8-13-23(25)19-21-27(31)35(29)6;1-6(2,3,4)5;/h7-21H,1-6H3;;1H/q+1;;/p-1. The molecule has 0 saturated heterocycles. The Hall–Kier alpha value is -3.64. The molecule has 0 aliphatic carbocycles. The van der Waals surface area contributed by atoms with Gasteiger partial charge >= 0.3 is 29.1 Å². The molecule has 4 aromatic carbocycles. The van der Waals surface area contributed by atoms with Crippen LogP contribution in [-0.2, 0) is 10.8 Å². The number of hydrogen-bond donors (Lipinski definition) is 0. The number of benzene rings is 4. The van der Waals surface area contributed by atoms with Crippen LogP contribution in [-0.4, -0.2) is 24.4 Å². The van der Waals surface area contributed by atoms with Crippen molar-refractivity contribution in [2.24, 2.45) is 0 Å². The topological polar surface area (TPSA) is 6.25 Å². The molecule has 2 aliphatic heterocycles. The molecule has 222 valence electrons. The van der Waals surface area contributed by atoms with Crippen LogP contribution in [0.3, 0.4) is 0 Å². The van der Waals surface area contributed by atoms with Crippen LogP contribution in [0.2, 0.25) is 0 Å². The van der Waals surface area contributed by atoms with Crippen molar-refractivity contribution in [2.75, 3.05) is 19.0 Å². The van der Waals surface area contributed by atoms with Crippen molar-refractivity contribution in [1.29, 1.82) is 0 Å². The van der Waals surface area contributed by atoms with E-state index in [0.29, 0.717) is 0 Å². The van der Waals surface area contributed by atoms with Crippen molar-refractivity contribution in [3.8, 4) is 0 Å². The van der Waals surface area contributed by atoms with Gasteiger partial charge in [-0.25, -0.2) is 0 Å². The molecule has 0 aromatic heterocycles. The van der Waals surface area contributed by atoms with E-state index in [1.165, 1.54) is 55.5 Å². The molecule has 2 aliphatic rings. The zero-order chi connectivity index (χ0) is 30.0. The summed E-state index contributed by atoms with van der Waals surface area (Å²) in [5.41, 5.74) is 7.94. The van der Waals surface area contributed by atoms with Gasteiger partial charge in [0.05, 0.1) is 5.41 Å². The Balaban J connectivity index is 0.000000527. The Bertz CT molecular complexity index is 1780. The smallest absolute Gasteiger partial charge is 1.00 e. The van der Waals surface area contributed by atoms with E-state index in [1.807, 2.05) is 0 Å². The molecule has 4 aromatic rings. The van der Waals surface area contributed by atoms with Crippen LogP contribution in [0, 0.1) is 0 Å². The van der Waals surface area contributed by atoms with Crippen molar-refractivity contribution in [2.45, 2.75) is 38.5 Å². The molecule has 42 heavy (non-hydrogen) atoms. The van der Waals surface area contributed by atoms with E-state index in [4.69, 9.17) is 0 Å². The molecule has 0 saturated carbocycles. The summed E-state index contributed by atoms with van der Waals surface area (Å²) in [6.45, 7) is 9.40. The molecule has 9 heteroatoms. The first kappa shape index (κ1) is 31.3. The molecule has 2 nitrogen and oxygen atoms in total. The summed E-state index contributed by atoms with van der Waals surface area (Å²) in [6.07, 6.45) is 6.88. The molecule has 6 rings (SSSR count). The van der Waals surface area contributed by atoms with Crippen LogP contribution in [0.25, 0.3) is 21.5 Å². The normalized spacial score (nSPS) is 18.9. The number of nitrogens with zero attached hydrogens (tertiary/aromatic N) is 2. The Kier molecular flexibility index (Phi) is 7.65. The second-order valence-electron chi connectivity index (χ2n) is 11.7. The molecule has 0 amide bonds. The maximum Gasteiger partial charge on any atom is -1.00 e. The van der Waals surface area contributed by atoms with E-state index in [1.54, 1.807) is 0 Å². The van der Waals surface area contributed by atoms with Crippen LogP contribution in [0.1, 0.15) is 38.8 Å². The van der Waals surface area contributed by atoms with Gasteiger partial charge < -0.3 is 9.60 Å². The van der Waals surface area contributed by atoms with E-state index < -0.39 is 8.16 Å². The van der Waals surface area contributed by atoms with Crippen molar-refractivity contribution in [3.63, 3.8) is 0 Å². The third-order valence-corrected chi connectivity index (χ3v) is 8.30. The molecule has 0 unspecified atom stereocenters. The van der Waals surface area contributed by atoms with Gasteiger partial charge in [-0.05, 0) is 59.2 Å². The number of rotatable bonds is 2. The summed E-state index contributed by atoms with van der Waals surface area (Å²) in [4.78, 5) is 2.36. The SMILES string of the molecule is CN1C(=CC=CC2=[N+](C)c3ccc4ccccc4c3C2(C)C)C(C)(C)c2c1ccc1ccccc21.FP(F)(F)(F)F.[F-]. The predicted octanol–water partition coefficient (Wildman–Crippen LogP) is 7.83. The van der Waals surface area contributed by atoms with Crippen LogP contribution in [0.15, 0.2) is 96.7 Å². The minimum Gasteiger partial charge on any atom is -1.00 e. The number of likely N-dealkylation sites (N-methyl/N-ethyl adjacent to an activating group) is 1. The van der Waals surface area contributed by atoms with Crippen molar-refractivity contribution in [1.82, 2.24) is 0 Å². The van der Waals surface area contributed by atoms with Gasteiger partial charge in [-0.3, -0.25) is 0 Å².